The monoisotopic (exact) mass is 296 g/mol. The predicted molar refractivity (Wildman–Crippen MR) is 85.8 cm³/mol. The zero-order valence-electron chi connectivity index (χ0n) is 12.5. The van der Waals surface area contributed by atoms with E-state index in [1.807, 2.05) is 53.6 Å². The van der Waals surface area contributed by atoms with Crippen molar-refractivity contribution in [2.75, 3.05) is 6.54 Å². The Labute approximate surface area is 130 Å². The van der Waals surface area contributed by atoms with E-state index in [-0.39, 0.29) is 0 Å². The standard InChI is InChI=1S/C18H20N2O2/c1-3-8-16(9-4-1)14-21-19-18-12-7-13-20(18)22-15-17-10-5-2-6-11-17/h1-6,8-11H,7,12-15H2/b19-18-. The van der Waals surface area contributed by atoms with Gasteiger partial charge >= 0.3 is 0 Å². The van der Waals surface area contributed by atoms with Crippen molar-refractivity contribution in [3.8, 4) is 0 Å². The summed E-state index contributed by atoms with van der Waals surface area (Å²) in [7, 11) is 0. The average molecular weight is 296 g/mol. The molecule has 1 aliphatic rings. The van der Waals surface area contributed by atoms with Gasteiger partial charge in [-0.25, -0.2) is 5.06 Å². The van der Waals surface area contributed by atoms with Gasteiger partial charge in [-0.05, 0) is 17.5 Å². The van der Waals surface area contributed by atoms with Crippen molar-refractivity contribution < 1.29 is 9.68 Å². The molecule has 1 saturated heterocycles. The zero-order chi connectivity index (χ0) is 15.0. The zero-order valence-corrected chi connectivity index (χ0v) is 12.5. The van der Waals surface area contributed by atoms with E-state index in [1.165, 1.54) is 0 Å². The summed E-state index contributed by atoms with van der Waals surface area (Å²) < 4.78 is 0. The second kappa shape index (κ2) is 7.61. The number of hydroxylamine groups is 2. The first-order valence-electron chi connectivity index (χ1n) is 7.59. The highest BCUT2D eigenvalue weighted by Crippen LogP contribution is 2.15. The third-order valence-corrected chi connectivity index (χ3v) is 3.52. The highest BCUT2D eigenvalue weighted by molar-refractivity contribution is 5.82. The van der Waals surface area contributed by atoms with Crippen LogP contribution in [-0.2, 0) is 22.9 Å². The number of nitrogens with zero attached hydrogens (tertiary/aromatic N) is 2. The SMILES string of the molecule is c1ccc(CO/N=C2/CCCN2OCc2ccccc2)cc1. The van der Waals surface area contributed by atoms with Gasteiger partial charge in [0.2, 0.25) is 0 Å². The van der Waals surface area contributed by atoms with Crippen molar-refractivity contribution in [2.45, 2.75) is 26.1 Å². The van der Waals surface area contributed by atoms with Crippen LogP contribution in [0.25, 0.3) is 0 Å². The Morgan fingerprint density at radius 3 is 2.18 bits per heavy atom. The minimum atomic E-state index is 0.483. The van der Waals surface area contributed by atoms with E-state index >= 15 is 0 Å². The lowest BCUT2D eigenvalue weighted by Crippen LogP contribution is -2.25. The molecule has 4 nitrogen and oxygen atoms in total. The molecule has 0 aliphatic carbocycles. The van der Waals surface area contributed by atoms with Crippen LogP contribution in [0.2, 0.25) is 0 Å². The molecule has 0 bridgehead atoms. The summed E-state index contributed by atoms with van der Waals surface area (Å²) in [6.45, 7) is 1.90. The largest absolute Gasteiger partial charge is 0.389 e. The molecular formula is C18H20N2O2. The molecule has 2 aromatic rings. The van der Waals surface area contributed by atoms with Crippen LogP contribution in [0.5, 0.6) is 0 Å². The van der Waals surface area contributed by atoms with Gasteiger partial charge in [0.1, 0.15) is 6.61 Å². The van der Waals surface area contributed by atoms with E-state index in [4.69, 9.17) is 9.68 Å². The second-order valence-corrected chi connectivity index (χ2v) is 5.23. The van der Waals surface area contributed by atoms with Gasteiger partial charge < -0.3 is 4.84 Å². The Bertz CT molecular complexity index is 599. The third kappa shape index (κ3) is 4.09. The van der Waals surface area contributed by atoms with Crippen molar-refractivity contribution in [2.24, 2.45) is 5.16 Å². The molecule has 22 heavy (non-hydrogen) atoms. The summed E-state index contributed by atoms with van der Waals surface area (Å²) in [5.74, 6) is 0.867. The van der Waals surface area contributed by atoms with Crippen LogP contribution in [0.1, 0.15) is 24.0 Å². The molecule has 0 aromatic heterocycles. The lowest BCUT2D eigenvalue weighted by Gasteiger charge is -2.17. The average Bonchev–Trinajstić information content (AvgIpc) is 3.02. The quantitative estimate of drug-likeness (QED) is 0.761. The smallest absolute Gasteiger partial charge is 0.168 e. The fraction of sp³-hybridized carbons (Fsp3) is 0.278. The number of hydrogen-bond acceptors (Lipinski definition) is 3. The number of benzene rings is 2. The Kier molecular flexibility index (Phi) is 5.05. The van der Waals surface area contributed by atoms with Crippen molar-refractivity contribution in [3.05, 3.63) is 71.8 Å². The molecule has 2 aromatic carbocycles. The molecular weight excluding hydrogens is 276 g/mol. The number of hydrogen-bond donors (Lipinski definition) is 0. The lowest BCUT2D eigenvalue weighted by atomic mass is 10.2. The Morgan fingerprint density at radius 1 is 0.864 bits per heavy atom. The molecule has 4 heteroatoms. The molecule has 0 spiro atoms. The highest BCUT2D eigenvalue weighted by Gasteiger charge is 2.20. The van der Waals surface area contributed by atoms with E-state index in [0.717, 1.165) is 36.3 Å². The second-order valence-electron chi connectivity index (χ2n) is 5.23. The van der Waals surface area contributed by atoms with E-state index in [1.54, 1.807) is 0 Å². The van der Waals surface area contributed by atoms with Crippen LogP contribution in [0.4, 0.5) is 0 Å². The molecule has 114 valence electrons. The van der Waals surface area contributed by atoms with E-state index in [2.05, 4.69) is 17.3 Å². The fourth-order valence-corrected chi connectivity index (χ4v) is 2.35. The Morgan fingerprint density at radius 2 is 1.50 bits per heavy atom. The first-order chi connectivity index (χ1) is 10.9. The normalized spacial score (nSPS) is 16.2. The van der Waals surface area contributed by atoms with Crippen molar-refractivity contribution in [1.29, 1.82) is 0 Å². The molecule has 0 saturated carbocycles. The van der Waals surface area contributed by atoms with Crippen LogP contribution < -0.4 is 0 Å². The van der Waals surface area contributed by atoms with Crippen molar-refractivity contribution >= 4 is 5.84 Å². The number of rotatable bonds is 6. The van der Waals surface area contributed by atoms with E-state index < -0.39 is 0 Å². The van der Waals surface area contributed by atoms with E-state index in [9.17, 15) is 0 Å². The first-order valence-corrected chi connectivity index (χ1v) is 7.59. The molecule has 0 amide bonds. The van der Waals surface area contributed by atoms with Crippen LogP contribution in [0, 0.1) is 0 Å². The summed E-state index contributed by atoms with van der Waals surface area (Å²) in [6, 6.07) is 20.2. The predicted octanol–water partition coefficient (Wildman–Crippen LogP) is 3.74. The van der Waals surface area contributed by atoms with Gasteiger partial charge in [0.05, 0.1) is 6.61 Å². The first kappa shape index (κ1) is 14.6. The van der Waals surface area contributed by atoms with Gasteiger partial charge in [-0.15, -0.1) is 0 Å². The van der Waals surface area contributed by atoms with Gasteiger partial charge in [0.25, 0.3) is 0 Å². The van der Waals surface area contributed by atoms with Gasteiger partial charge in [-0.2, -0.15) is 0 Å². The van der Waals surface area contributed by atoms with Gasteiger partial charge in [0, 0.05) is 13.0 Å². The number of amidine groups is 1. The fourth-order valence-electron chi connectivity index (χ4n) is 2.35. The molecule has 1 aliphatic heterocycles. The van der Waals surface area contributed by atoms with Crippen molar-refractivity contribution in [1.82, 2.24) is 5.06 Å². The molecule has 1 heterocycles. The van der Waals surface area contributed by atoms with Gasteiger partial charge in [0.15, 0.2) is 5.84 Å². The molecule has 1 fully saturated rings. The van der Waals surface area contributed by atoms with Gasteiger partial charge in [-0.3, -0.25) is 4.84 Å². The maximum Gasteiger partial charge on any atom is 0.168 e. The van der Waals surface area contributed by atoms with Crippen molar-refractivity contribution in [3.63, 3.8) is 0 Å². The van der Waals surface area contributed by atoms with Crippen LogP contribution in [0.3, 0.4) is 0 Å². The molecule has 0 unspecified atom stereocenters. The summed E-state index contributed by atoms with van der Waals surface area (Å²) in [5, 5.41) is 6.08. The maximum atomic E-state index is 5.83. The van der Waals surface area contributed by atoms with Gasteiger partial charge in [-0.1, -0.05) is 65.8 Å². The highest BCUT2D eigenvalue weighted by atomic mass is 16.7. The molecule has 0 N–H and O–H groups in total. The minimum absolute atomic E-state index is 0.483. The van der Waals surface area contributed by atoms with Crippen LogP contribution in [-0.4, -0.2) is 17.4 Å². The lowest BCUT2D eigenvalue weighted by molar-refractivity contribution is -0.106. The third-order valence-electron chi connectivity index (χ3n) is 3.52. The molecule has 0 radical (unpaired) electrons. The molecule has 3 rings (SSSR count). The summed E-state index contributed by atoms with van der Waals surface area (Å²) >= 11 is 0. The van der Waals surface area contributed by atoms with Crippen LogP contribution in [0.15, 0.2) is 65.8 Å². The Balaban J connectivity index is 1.50. The summed E-state index contributed by atoms with van der Waals surface area (Å²) in [6.07, 6.45) is 1.94. The topological polar surface area (TPSA) is 34.1 Å². The maximum absolute atomic E-state index is 5.83. The minimum Gasteiger partial charge on any atom is -0.389 e. The summed E-state index contributed by atoms with van der Waals surface area (Å²) in [5.41, 5.74) is 2.26. The van der Waals surface area contributed by atoms with Crippen LogP contribution >= 0.6 is 0 Å². The Hall–Kier alpha value is -2.33. The number of oxime groups is 1. The van der Waals surface area contributed by atoms with E-state index in [0.29, 0.717) is 13.2 Å². The molecule has 0 atom stereocenters. The summed E-state index contributed by atoms with van der Waals surface area (Å²) in [4.78, 5) is 11.3.